The molecule has 0 saturated carbocycles. The van der Waals surface area contributed by atoms with Gasteiger partial charge in [0.05, 0.1) is 10.6 Å². The Bertz CT molecular complexity index is 1440. The minimum atomic E-state index is -4.21. The molecule has 0 aliphatic heterocycles. The Morgan fingerprint density at radius 1 is 1.22 bits per heavy atom. The van der Waals surface area contributed by atoms with Gasteiger partial charge in [0.2, 0.25) is 15.9 Å². The Hall–Kier alpha value is -3.48. The van der Waals surface area contributed by atoms with Crippen molar-refractivity contribution in [2.45, 2.75) is 58.0 Å². The van der Waals surface area contributed by atoms with Crippen LogP contribution < -0.4 is 14.8 Å². The fourth-order valence-electron chi connectivity index (χ4n) is 3.35. The number of rotatable bonds is 10. The number of non-ortho nitro benzene ring substituents is 1. The third-order valence-electron chi connectivity index (χ3n) is 5.36. The van der Waals surface area contributed by atoms with E-state index in [-0.39, 0.29) is 23.4 Å². The van der Waals surface area contributed by atoms with Gasteiger partial charge in [0.1, 0.15) is 10.6 Å². The zero-order chi connectivity index (χ0) is 27.5. The van der Waals surface area contributed by atoms with Crippen molar-refractivity contribution in [2.24, 2.45) is 0 Å². The summed E-state index contributed by atoms with van der Waals surface area (Å²) >= 11 is 6.17. The summed E-state index contributed by atoms with van der Waals surface area (Å²) in [4.78, 5) is 23.1. The van der Waals surface area contributed by atoms with E-state index in [1.807, 2.05) is 0 Å². The summed E-state index contributed by atoms with van der Waals surface area (Å²) in [6, 6.07) is 9.32. The zero-order valence-electron chi connectivity index (χ0n) is 21.0. The molecule has 0 bridgehead atoms. The normalized spacial score (nSPS) is 12.4. The highest BCUT2D eigenvalue weighted by atomic mass is 35.5. The first-order valence-corrected chi connectivity index (χ1v) is 13.3. The summed E-state index contributed by atoms with van der Waals surface area (Å²) in [5, 5.41) is 19.0. The van der Waals surface area contributed by atoms with Crippen LogP contribution in [0.25, 0.3) is 5.69 Å². The predicted octanol–water partition coefficient (Wildman–Crippen LogP) is 4.75. The molecule has 11 nitrogen and oxygen atoms in total. The maximum atomic E-state index is 13.2. The van der Waals surface area contributed by atoms with Crippen molar-refractivity contribution >= 4 is 33.2 Å². The minimum absolute atomic E-state index is 0.0463. The summed E-state index contributed by atoms with van der Waals surface area (Å²) in [5.41, 5.74) is 0.426. The van der Waals surface area contributed by atoms with Gasteiger partial charge in [-0.05, 0) is 58.4 Å². The third-order valence-corrected chi connectivity index (χ3v) is 7.20. The zero-order valence-corrected chi connectivity index (χ0v) is 22.6. The molecule has 0 unspecified atom stereocenters. The summed E-state index contributed by atoms with van der Waals surface area (Å²) in [6.45, 7) is 8.69. The summed E-state index contributed by atoms with van der Waals surface area (Å²) < 4.78 is 36.3. The van der Waals surface area contributed by atoms with E-state index >= 15 is 0 Å². The number of carbonyl (C=O) groups is 1. The number of carbonyl (C=O) groups excluding carboxylic acids is 1. The molecule has 37 heavy (non-hydrogen) atoms. The Morgan fingerprint density at radius 2 is 1.92 bits per heavy atom. The first-order chi connectivity index (χ1) is 17.3. The van der Waals surface area contributed by atoms with Crippen molar-refractivity contribution in [2.75, 3.05) is 0 Å². The van der Waals surface area contributed by atoms with E-state index in [2.05, 4.69) is 15.1 Å². The Kier molecular flexibility index (Phi) is 8.57. The highest BCUT2D eigenvalue weighted by Gasteiger charge is 2.28. The quantitative estimate of drug-likeness (QED) is 0.274. The monoisotopic (exact) mass is 549 g/mol. The number of nitrogens with one attached hydrogen (secondary N) is 2. The largest absolute Gasteiger partial charge is 0.437 e. The molecule has 2 aromatic carbocycles. The van der Waals surface area contributed by atoms with Crippen LogP contribution in [0, 0.1) is 17.0 Å². The Balaban J connectivity index is 2.22. The second-order valence-corrected chi connectivity index (χ2v) is 10.8. The van der Waals surface area contributed by atoms with Crippen molar-refractivity contribution in [3.8, 4) is 17.3 Å². The van der Waals surface area contributed by atoms with Crippen LogP contribution in [0.2, 0.25) is 5.02 Å². The Labute approximate surface area is 220 Å². The third kappa shape index (κ3) is 6.45. The van der Waals surface area contributed by atoms with E-state index in [1.54, 1.807) is 58.9 Å². The van der Waals surface area contributed by atoms with Gasteiger partial charge in [-0.2, -0.15) is 9.78 Å². The molecule has 3 aromatic rings. The molecular formula is C24H28ClN5O6S. The molecule has 1 heterocycles. The highest BCUT2D eigenvalue weighted by molar-refractivity contribution is 7.89. The molecule has 1 amide bonds. The van der Waals surface area contributed by atoms with E-state index in [0.29, 0.717) is 22.7 Å². The van der Waals surface area contributed by atoms with Gasteiger partial charge in [0.25, 0.3) is 11.6 Å². The first-order valence-electron chi connectivity index (χ1n) is 11.5. The van der Waals surface area contributed by atoms with Crippen LogP contribution in [0.1, 0.15) is 50.2 Å². The van der Waals surface area contributed by atoms with Gasteiger partial charge in [-0.1, -0.05) is 24.6 Å². The van der Waals surface area contributed by atoms with Gasteiger partial charge >= 0.3 is 0 Å². The van der Waals surface area contributed by atoms with Crippen molar-refractivity contribution in [1.82, 2.24) is 19.8 Å². The maximum Gasteiger partial charge on any atom is 0.272 e. The SMILES string of the molecule is CC[C@H](C)NS(=O)(=O)c1cc([N+](=O)[O-])ccc1Oc1c(C)c(C(=O)NC(C)C)nn1-c1cccc(Cl)c1. The number of nitro benzene ring substituents is 1. The number of nitrogens with zero attached hydrogens (tertiary/aromatic N) is 3. The molecule has 13 heteroatoms. The average molecular weight is 550 g/mol. The lowest BCUT2D eigenvalue weighted by atomic mass is 10.2. The fraction of sp³-hybridized carbons (Fsp3) is 0.333. The van der Waals surface area contributed by atoms with Gasteiger partial charge in [0, 0.05) is 34.8 Å². The Morgan fingerprint density at radius 3 is 2.51 bits per heavy atom. The summed E-state index contributed by atoms with van der Waals surface area (Å²) in [7, 11) is -4.21. The lowest BCUT2D eigenvalue weighted by molar-refractivity contribution is -0.385. The van der Waals surface area contributed by atoms with Gasteiger partial charge in [0.15, 0.2) is 5.69 Å². The molecule has 0 aliphatic carbocycles. The van der Waals surface area contributed by atoms with Gasteiger partial charge < -0.3 is 10.1 Å². The molecule has 0 spiro atoms. The molecule has 1 atom stereocenters. The van der Waals surface area contributed by atoms with Gasteiger partial charge in [-0.15, -0.1) is 0 Å². The number of amides is 1. The van der Waals surface area contributed by atoms with Crippen LogP contribution in [0.4, 0.5) is 5.69 Å². The molecule has 2 N–H and O–H groups in total. The van der Waals surface area contributed by atoms with Gasteiger partial charge in [-0.25, -0.2) is 13.1 Å². The lowest BCUT2D eigenvalue weighted by Crippen LogP contribution is -2.32. The number of aromatic nitrogens is 2. The van der Waals surface area contributed by atoms with Crippen LogP contribution in [0.5, 0.6) is 11.6 Å². The van der Waals surface area contributed by atoms with E-state index in [1.165, 1.54) is 10.7 Å². The molecule has 0 aliphatic rings. The molecule has 3 rings (SSSR count). The van der Waals surface area contributed by atoms with Crippen molar-refractivity contribution in [3.63, 3.8) is 0 Å². The number of hydrogen-bond acceptors (Lipinski definition) is 7. The predicted molar refractivity (Wildman–Crippen MR) is 139 cm³/mol. The van der Waals surface area contributed by atoms with E-state index in [4.69, 9.17) is 16.3 Å². The smallest absolute Gasteiger partial charge is 0.272 e. The number of benzene rings is 2. The van der Waals surface area contributed by atoms with Crippen LogP contribution in [0.3, 0.4) is 0 Å². The second-order valence-electron chi connectivity index (χ2n) is 8.72. The number of halogens is 1. The average Bonchev–Trinajstić information content (AvgIpc) is 3.14. The summed E-state index contributed by atoms with van der Waals surface area (Å²) in [5.74, 6) is -0.582. The summed E-state index contributed by atoms with van der Waals surface area (Å²) in [6.07, 6.45) is 0.499. The molecule has 0 fully saturated rings. The van der Waals surface area contributed by atoms with Gasteiger partial charge in [-0.3, -0.25) is 14.9 Å². The van der Waals surface area contributed by atoms with Crippen molar-refractivity contribution < 1.29 is 22.9 Å². The highest BCUT2D eigenvalue weighted by Crippen LogP contribution is 2.36. The molecule has 0 saturated heterocycles. The van der Waals surface area contributed by atoms with E-state index < -0.39 is 37.5 Å². The fourth-order valence-corrected chi connectivity index (χ4v) is 5.01. The number of ether oxygens (including phenoxy) is 1. The number of hydrogen-bond donors (Lipinski definition) is 2. The molecule has 198 valence electrons. The first kappa shape index (κ1) is 28.1. The van der Waals surface area contributed by atoms with Crippen molar-refractivity contribution in [1.29, 1.82) is 0 Å². The number of sulfonamides is 1. The molecular weight excluding hydrogens is 522 g/mol. The van der Waals surface area contributed by atoms with Crippen LogP contribution in [-0.4, -0.2) is 41.1 Å². The molecule has 0 radical (unpaired) electrons. The van der Waals surface area contributed by atoms with Crippen LogP contribution in [-0.2, 0) is 10.0 Å². The minimum Gasteiger partial charge on any atom is -0.437 e. The maximum absolute atomic E-state index is 13.2. The van der Waals surface area contributed by atoms with Crippen molar-refractivity contribution in [3.05, 3.63) is 68.9 Å². The lowest BCUT2D eigenvalue weighted by Gasteiger charge is -2.16. The second kappa shape index (κ2) is 11.3. The number of nitro groups is 1. The van der Waals surface area contributed by atoms with Crippen LogP contribution >= 0.6 is 11.6 Å². The topological polar surface area (TPSA) is 145 Å². The standard InChI is InChI=1S/C24H28ClN5O6S/c1-6-15(4)28-37(34,35)21-13-19(30(32)33)10-11-20(21)36-24-16(5)22(23(31)26-14(2)3)27-29(24)18-9-7-8-17(25)12-18/h7-15,28H,6H2,1-5H3,(H,26,31)/t15-/m0/s1. The molecule has 1 aromatic heterocycles. The van der Waals surface area contributed by atoms with E-state index in [9.17, 15) is 23.3 Å². The van der Waals surface area contributed by atoms with Crippen LogP contribution in [0.15, 0.2) is 47.4 Å². The van der Waals surface area contributed by atoms with E-state index in [0.717, 1.165) is 12.1 Å².